The van der Waals surface area contributed by atoms with Crippen LogP contribution in [0.15, 0.2) is 76.8 Å². The number of rotatable bonds is 6. The highest BCUT2D eigenvalue weighted by Gasteiger charge is 2.39. The number of benzene rings is 3. The number of methoxy groups -OCH3 is 1. The van der Waals surface area contributed by atoms with Crippen LogP contribution >= 0.6 is 23.4 Å². The molecule has 1 N–H and O–H groups in total. The molecule has 0 aromatic heterocycles. The van der Waals surface area contributed by atoms with Crippen LogP contribution in [-0.2, 0) is 9.59 Å². The van der Waals surface area contributed by atoms with Crippen LogP contribution in [0, 0.1) is 12.7 Å². The van der Waals surface area contributed by atoms with Crippen molar-refractivity contribution in [2.24, 2.45) is 10.1 Å². The van der Waals surface area contributed by atoms with E-state index in [1.807, 2.05) is 48.5 Å². The van der Waals surface area contributed by atoms with E-state index in [0.717, 1.165) is 22.6 Å². The molecular weight excluding hydrogens is 527 g/mol. The fourth-order valence-electron chi connectivity index (χ4n) is 4.30. The number of carbonyl (C=O) groups excluding carboxylic acids is 2. The summed E-state index contributed by atoms with van der Waals surface area (Å²) in [6, 6.07) is 19.3. The zero-order chi connectivity index (χ0) is 26.8. The van der Waals surface area contributed by atoms with Crippen LogP contribution in [0.25, 0.3) is 0 Å². The highest BCUT2D eigenvalue weighted by atomic mass is 35.5. The molecule has 10 heteroatoms. The molecule has 0 saturated heterocycles. The first-order valence-corrected chi connectivity index (χ1v) is 13.2. The summed E-state index contributed by atoms with van der Waals surface area (Å²) in [6.45, 7) is 1.62. The van der Waals surface area contributed by atoms with Gasteiger partial charge in [0.15, 0.2) is 5.17 Å². The van der Waals surface area contributed by atoms with Gasteiger partial charge < -0.3 is 10.1 Å². The zero-order valence-corrected chi connectivity index (χ0v) is 22.2. The lowest BCUT2D eigenvalue weighted by Crippen LogP contribution is -2.25. The van der Waals surface area contributed by atoms with Crippen LogP contribution in [0.3, 0.4) is 0 Å². The molecule has 2 atom stereocenters. The van der Waals surface area contributed by atoms with Crippen molar-refractivity contribution < 1.29 is 18.7 Å². The van der Waals surface area contributed by atoms with E-state index < -0.39 is 11.2 Å². The van der Waals surface area contributed by atoms with E-state index in [-0.39, 0.29) is 24.2 Å². The van der Waals surface area contributed by atoms with Gasteiger partial charge >= 0.3 is 0 Å². The van der Waals surface area contributed by atoms with E-state index in [9.17, 15) is 14.0 Å². The molecule has 0 bridgehead atoms. The number of nitrogens with one attached hydrogen (secondary N) is 1. The Balaban J connectivity index is 1.34. The number of hydrazone groups is 1. The molecule has 0 radical (unpaired) electrons. The smallest absolute Gasteiger partial charge is 0.262 e. The van der Waals surface area contributed by atoms with E-state index in [0.29, 0.717) is 27.9 Å². The van der Waals surface area contributed by atoms with Gasteiger partial charge in [0, 0.05) is 23.6 Å². The summed E-state index contributed by atoms with van der Waals surface area (Å²) in [6.07, 6.45) is 0.526. The minimum Gasteiger partial charge on any atom is -0.497 e. The largest absolute Gasteiger partial charge is 0.497 e. The van der Waals surface area contributed by atoms with Gasteiger partial charge in [-0.1, -0.05) is 35.5 Å². The molecule has 2 heterocycles. The van der Waals surface area contributed by atoms with Crippen molar-refractivity contribution in [1.29, 1.82) is 0 Å². The number of anilines is 1. The maximum Gasteiger partial charge on any atom is 0.262 e. The molecule has 0 saturated carbocycles. The quantitative estimate of drug-likeness (QED) is 0.408. The summed E-state index contributed by atoms with van der Waals surface area (Å²) in [5.74, 6) is -0.343. The predicted molar refractivity (Wildman–Crippen MR) is 148 cm³/mol. The van der Waals surface area contributed by atoms with Crippen molar-refractivity contribution in [3.05, 3.63) is 94.3 Å². The first kappa shape index (κ1) is 25.9. The van der Waals surface area contributed by atoms with Crippen LogP contribution in [0.1, 0.15) is 35.6 Å². The molecule has 7 nitrogen and oxygen atoms in total. The molecule has 0 aliphatic carbocycles. The molecule has 38 heavy (non-hydrogen) atoms. The van der Waals surface area contributed by atoms with Gasteiger partial charge in [-0.05, 0) is 78.2 Å². The lowest BCUT2D eigenvalue weighted by molar-refractivity contribution is -0.121. The molecule has 0 unspecified atom stereocenters. The monoisotopic (exact) mass is 550 g/mol. The fourth-order valence-corrected chi connectivity index (χ4v) is 5.48. The Morgan fingerprint density at radius 2 is 1.89 bits per heavy atom. The van der Waals surface area contributed by atoms with Gasteiger partial charge in [-0.25, -0.2) is 9.40 Å². The molecule has 0 spiro atoms. The van der Waals surface area contributed by atoms with E-state index in [4.69, 9.17) is 21.4 Å². The summed E-state index contributed by atoms with van der Waals surface area (Å²) < 4.78 is 18.8. The number of thioether (sulfide) groups is 1. The van der Waals surface area contributed by atoms with E-state index >= 15 is 0 Å². The van der Waals surface area contributed by atoms with Crippen LogP contribution in [-0.4, -0.2) is 40.1 Å². The Morgan fingerprint density at radius 3 is 2.58 bits per heavy atom. The third-order valence-electron chi connectivity index (χ3n) is 6.33. The third-order valence-corrected chi connectivity index (χ3v) is 7.72. The molecular formula is C28H24ClFN4O3S. The number of hydrogen-bond acceptors (Lipinski definition) is 6. The lowest BCUT2D eigenvalue weighted by Gasteiger charge is -2.23. The number of carbonyl (C=O) groups is 2. The molecule has 5 rings (SSSR count). The van der Waals surface area contributed by atoms with Crippen molar-refractivity contribution in [2.75, 3.05) is 12.4 Å². The number of amidine groups is 1. The third kappa shape index (κ3) is 5.58. The second kappa shape index (κ2) is 11.0. The number of aryl methyl sites for hydroxylation is 1. The number of nitrogens with zero attached hydrogens (tertiary/aromatic N) is 3. The molecule has 3 aromatic rings. The van der Waals surface area contributed by atoms with Crippen molar-refractivity contribution >= 4 is 51.7 Å². The molecule has 194 valence electrons. The number of ether oxygens (including phenoxy) is 1. The first-order chi connectivity index (χ1) is 18.3. The van der Waals surface area contributed by atoms with Crippen molar-refractivity contribution in [2.45, 2.75) is 31.1 Å². The van der Waals surface area contributed by atoms with Crippen LogP contribution in [0.2, 0.25) is 5.02 Å². The van der Waals surface area contributed by atoms with Gasteiger partial charge in [-0.15, -0.1) is 0 Å². The van der Waals surface area contributed by atoms with Crippen molar-refractivity contribution in [3.8, 4) is 5.75 Å². The second-order valence-electron chi connectivity index (χ2n) is 8.95. The number of aliphatic imine (C=N–C) groups is 1. The van der Waals surface area contributed by atoms with E-state index in [1.54, 1.807) is 25.1 Å². The number of hydrogen-bond donors (Lipinski definition) is 1. The fraction of sp³-hybridized carbons (Fsp3) is 0.214. The average molecular weight is 551 g/mol. The molecule has 2 aliphatic rings. The van der Waals surface area contributed by atoms with Gasteiger partial charge in [-0.2, -0.15) is 10.1 Å². The topological polar surface area (TPSA) is 83.4 Å². The molecule has 3 aromatic carbocycles. The summed E-state index contributed by atoms with van der Waals surface area (Å²) in [5, 5.41) is 9.72. The highest BCUT2D eigenvalue weighted by Crippen LogP contribution is 2.39. The Bertz CT molecular complexity index is 1440. The van der Waals surface area contributed by atoms with E-state index in [2.05, 4.69) is 10.3 Å². The van der Waals surface area contributed by atoms with Crippen LogP contribution in [0.5, 0.6) is 5.75 Å². The van der Waals surface area contributed by atoms with Gasteiger partial charge in [-0.3, -0.25) is 9.59 Å². The normalized spacial score (nSPS) is 18.8. The Morgan fingerprint density at radius 1 is 1.16 bits per heavy atom. The Hall–Kier alpha value is -3.69. The standard InChI is InChI=1S/C28H24ClFN4O3S/c1-16-13-20(9-12-22(16)30)31-26(35)15-25-27(36)32-28(38-25)34-24(18-3-7-19(29)8-4-18)14-23(33-34)17-5-10-21(37-2)11-6-17/h3-13,24-25H,14-15H2,1-2H3,(H,31,35)/t24-,25-/m0/s1. The average Bonchev–Trinajstić information content (AvgIpc) is 3.51. The number of amides is 2. The molecule has 2 amide bonds. The Kier molecular flexibility index (Phi) is 7.49. The number of halogens is 2. The maximum absolute atomic E-state index is 13.5. The van der Waals surface area contributed by atoms with Crippen LogP contribution < -0.4 is 10.1 Å². The van der Waals surface area contributed by atoms with Gasteiger partial charge in [0.1, 0.15) is 16.8 Å². The summed E-state index contributed by atoms with van der Waals surface area (Å²) >= 11 is 7.33. The summed E-state index contributed by atoms with van der Waals surface area (Å²) in [5.41, 5.74) is 3.66. The lowest BCUT2D eigenvalue weighted by atomic mass is 9.98. The van der Waals surface area contributed by atoms with E-state index in [1.165, 1.54) is 23.9 Å². The van der Waals surface area contributed by atoms with Crippen LogP contribution in [0.4, 0.5) is 10.1 Å². The zero-order valence-electron chi connectivity index (χ0n) is 20.7. The summed E-state index contributed by atoms with van der Waals surface area (Å²) in [7, 11) is 1.62. The Labute approximate surface area is 228 Å². The van der Waals surface area contributed by atoms with Crippen molar-refractivity contribution in [1.82, 2.24) is 5.01 Å². The highest BCUT2D eigenvalue weighted by molar-refractivity contribution is 8.15. The SMILES string of the molecule is COc1ccc(C2=NN(C3=NC(=O)[C@H](CC(=O)Nc4ccc(F)c(C)c4)S3)[C@H](c3ccc(Cl)cc3)C2)cc1. The predicted octanol–water partition coefficient (Wildman–Crippen LogP) is 5.97. The van der Waals surface area contributed by atoms with Gasteiger partial charge in [0.05, 0.1) is 18.9 Å². The molecule has 0 fully saturated rings. The minimum absolute atomic E-state index is 0.0680. The summed E-state index contributed by atoms with van der Waals surface area (Å²) in [4.78, 5) is 29.7. The minimum atomic E-state index is -0.683. The van der Waals surface area contributed by atoms with Gasteiger partial charge in [0.2, 0.25) is 5.91 Å². The first-order valence-electron chi connectivity index (χ1n) is 11.9. The molecule has 2 aliphatic heterocycles. The van der Waals surface area contributed by atoms with Crippen molar-refractivity contribution in [3.63, 3.8) is 0 Å². The second-order valence-corrected chi connectivity index (χ2v) is 10.6. The maximum atomic E-state index is 13.5. The van der Waals surface area contributed by atoms with Gasteiger partial charge in [0.25, 0.3) is 5.91 Å².